The van der Waals surface area contributed by atoms with Crippen LogP contribution in [0.15, 0.2) is 30.3 Å². The molecule has 140 valence electrons. The van der Waals surface area contributed by atoms with Crippen molar-refractivity contribution in [2.75, 3.05) is 0 Å². The highest BCUT2D eigenvalue weighted by molar-refractivity contribution is 5.65. The fourth-order valence-electron chi connectivity index (χ4n) is 3.94. The third kappa shape index (κ3) is 3.78. The molecule has 1 unspecified atom stereocenters. The molecule has 0 aromatic heterocycles. The number of rotatable bonds is 4. The maximum Gasteiger partial charge on any atom is 0.194 e. The summed E-state index contributed by atoms with van der Waals surface area (Å²) in [6.45, 7) is 2.09. The zero-order chi connectivity index (χ0) is 18.8. The van der Waals surface area contributed by atoms with Gasteiger partial charge >= 0.3 is 0 Å². The van der Waals surface area contributed by atoms with E-state index in [1.807, 2.05) is 0 Å². The highest BCUT2D eigenvalue weighted by Crippen LogP contribution is 2.38. The van der Waals surface area contributed by atoms with Gasteiger partial charge in [0.1, 0.15) is 5.82 Å². The Balaban J connectivity index is 1.79. The van der Waals surface area contributed by atoms with Crippen LogP contribution >= 0.6 is 0 Å². The van der Waals surface area contributed by atoms with Crippen LogP contribution in [0.25, 0.3) is 11.1 Å². The van der Waals surface area contributed by atoms with Crippen LogP contribution in [0.2, 0.25) is 0 Å². The van der Waals surface area contributed by atoms with Crippen LogP contribution in [-0.2, 0) is 0 Å². The molecule has 0 spiro atoms. The summed E-state index contributed by atoms with van der Waals surface area (Å²) in [4.78, 5) is 0. The number of benzene rings is 2. The summed E-state index contributed by atoms with van der Waals surface area (Å²) in [5.41, 5.74) is 7.07. The SMILES string of the molecule is CCC(N)C1CCC(c2ccc(-c3cc(F)c(F)c(F)c3)c(F)c2)CC1. The van der Waals surface area contributed by atoms with Gasteiger partial charge in [0.15, 0.2) is 17.5 Å². The molecule has 0 radical (unpaired) electrons. The van der Waals surface area contributed by atoms with Crippen molar-refractivity contribution in [1.29, 1.82) is 0 Å². The van der Waals surface area contributed by atoms with Crippen molar-refractivity contribution in [3.05, 3.63) is 59.2 Å². The van der Waals surface area contributed by atoms with Crippen molar-refractivity contribution in [3.63, 3.8) is 0 Å². The molecule has 1 saturated carbocycles. The number of nitrogens with two attached hydrogens (primary N) is 1. The van der Waals surface area contributed by atoms with Gasteiger partial charge in [-0.05, 0) is 73.3 Å². The molecular weight excluding hydrogens is 342 g/mol. The van der Waals surface area contributed by atoms with Gasteiger partial charge in [-0.2, -0.15) is 0 Å². The molecule has 0 bridgehead atoms. The molecule has 2 aromatic rings. The van der Waals surface area contributed by atoms with Gasteiger partial charge in [0, 0.05) is 11.6 Å². The maximum atomic E-state index is 14.6. The summed E-state index contributed by atoms with van der Waals surface area (Å²) in [5.74, 6) is -3.97. The van der Waals surface area contributed by atoms with Gasteiger partial charge in [0.05, 0.1) is 0 Å². The smallest absolute Gasteiger partial charge is 0.194 e. The molecule has 2 aromatic carbocycles. The normalized spacial score (nSPS) is 21.6. The third-order valence-corrected chi connectivity index (χ3v) is 5.61. The number of halogens is 4. The summed E-state index contributed by atoms with van der Waals surface area (Å²) in [5, 5.41) is 0. The first-order chi connectivity index (χ1) is 12.4. The molecule has 5 heteroatoms. The van der Waals surface area contributed by atoms with Crippen LogP contribution in [0.3, 0.4) is 0 Å². The molecule has 0 amide bonds. The summed E-state index contributed by atoms with van der Waals surface area (Å²) in [6, 6.07) is 6.59. The monoisotopic (exact) mass is 365 g/mol. The first-order valence-corrected chi connectivity index (χ1v) is 9.10. The van der Waals surface area contributed by atoms with Crippen molar-refractivity contribution in [2.24, 2.45) is 11.7 Å². The number of hydrogen-bond acceptors (Lipinski definition) is 1. The minimum atomic E-state index is -1.55. The lowest BCUT2D eigenvalue weighted by atomic mass is 9.75. The van der Waals surface area contributed by atoms with Crippen LogP contribution in [0.1, 0.15) is 50.5 Å². The largest absolute Gasteiger partial charge is 0.327 e. The molecule has 3 rings (SSSR count). The molecule has 26 heavy (non-hydrogen) atoms. The van der Waals surface area contributed by atoms with Gasteiger partial charge in [-0.25, -0.2) is 17.6 Å². The van der Waals surface area contributed by atoms with E-state index >= 15 is 0 Å². The molecule has 1 nitrogen and oxygen atoms in total. The minimum Gasteiger partial charge on any atom is -0.327 e. The standard InChI is InChI=1S/C21H23F4N/c1-2-20(26)13-5-3-12(4-6-13)14-7-8-16(17(22)9-14)15-10-18(23)21(25)19(24)11-15/h7-13,20H,2-6,26H2,1H3. The van der Waals surface area contributed by atoms with Gasteiger partial charge in [0.25, 0.3) is 0 Å². The Labute approximate surface area is 151 Å². The summed E-state index contributed by atoms with van der Waals surface area (Å²) < 4.78 is 54.5. The van der Waals surface area contributed by atoms with Crippen molar-refractivity contribution >= 4 is 0 Å². The fourth-order valence-corrected chi connectivity index (χ4v) is 3.94. The van der Waals surface area contributed by atoms with E-state index in [0.29, 0.717) is 5.92 Å². The molecule has 0 aliphatic heterocycles. The maximum absolute atomic E-state index is 14.6. The predicted molar refractivity (Wildman–Crippen MR) is 94.7 cm³/mol. The van der Waals surface area contributed by atoms with E-state index in [-0.39, 0.29) is 23.1 Å². The van der Waals surface area contributed by atoms with Crippen molar-refractivity contribution in [2.45, 2.75) is 51.0 Å². The Bertz CT molecular complexity index is 759. The van der Waals surface area contributed by atoms with Crippen molar-refractivity contribution in [1.82, 2.24) is 0 Å². The van der Waals surface area contributed by atoms with Crippen LogP contribution in [-0.4, -0.2) is 6.04 Å². The van der Waals surface area contributed by atoms with Gasteiger partial charge < -0.3 is 5.73 Å². The van der Waals surface area contributed by atoms with E-state index in [2.05, 4.69) is 6.92 Å². The Morgan fingerprint density at radius 2 is 1.54 bits per heavy atom. The lowest BCUT2D eigenvalue weighted by molar-refractivity contribution is 0.277. The highest BCUT2D eigenvalue weighted by atomic mass is 19.2. The molecular formula is C21H23F4N. The van der Waals surface area contributed by atoms with Crippen LogP contribution < -0.4 is 5.73 Å². The Hall–Kier alpha value is -1.88. The van der Waals surface area contributed by atoms with E-state index in [9.17, 15) is 17.6 Å². The van der Waals surface area contributed by atoms with Crippen molar-refractivity contribution < 1.29 is 17.6 Å². The summed E-state index contributed by atoms with van der Waals surface area (Å²) in [7, 11) is 0. The lowest BCUT2D eigenvalue weighted by Gasteiger charge is -2.32. The average Bonchev–Trinajstić information content (AvgIpc) is 2.65. The summed E-state index contributed by atoms with van der Waals surface area (Å²) in [6.07, 6.45) is 4.92. The quantitative estimate of drug-likeness (QED) is 0.528. The molecule has 1 aliphatic carbocycles. The van der Waals surface area contributed by atoms with Gasteiger partial charge in [-0.15, -0.1) is 0 Å². The second-order valence-corrected chi connectivity index (χ2v) is 7.18. The van der Waals surface area contributed by atoms with Crippen molar-refractivity contribution in [3.8, 4) is 11.1 Å². The highest BCUT2D eigenvalue weighted by Gasteiger charge is 2.26. The van der Waals surface area contributed by atoms with Crippen LogP contribution in [0.5, 0.6) is 0 Å². The molecule has 1 fully saturated rings. The second kappa shape index (κ2) is 7.78. The zero-order valence-electron chi connectivity index (χ0n) is 14.7. The van der Waals surface area contributed by atoms with E-state index in [1.165, 1.54) is 12.1 Å². The lowest BCUT2D eigenvalue weighted by Crippen LogP contribution is -2.32. The molecule has 2 N–H and O–H groups in total. The molecule has 1 atom stereocenters. The molecule has 0 heterocycles. The van der Waals surface area contributed by atoms with Gasteiger partial charge in [-0.3, -0.25) is 0 Å². The zero-order valence-corrected chi connectivity index (χ0v) is 14.7. The topological polar surface area (TPSA) is 26.0 Å². The Morgan fingerprint density at radius 3 is 2.08 bits per heavy atom. The predicted octanol–water partition coefficient (Wildman–Crippen LogP) is 5.92. The van der Waals surface area contributed by atoms with Crippen LogP contribution in [0.4, 0.5) is 17.6 Å². The fraction of sp³-hybridized carbons (Fsp3) is 0.429. The first-order valence-electron chi connectivity index (χ1n) is 9.10. The molecule has 1 aliphatic rings. The van der Waals surface area contributed by atoms with E-state index in [4.69, 9.17) is 5.73 Å². The Morgan fingerprint density at radius 1 is 0.923 bits per heavy atom. The van der Waals surface area contributed by atoms with Crippen LogP contribution in [0, 0.1) is 29.2 Å². The second-order valence-electron chi connectivity index (χ2n) is 7.18. The van der Waals surface area contributed by atoms with Gasteiger partial charge in [-0.1, -0.05) is 19.1 Å². The third-order valence-electron chi connectivity index (χ3n) is 5.61. The van der Waals surface area contributed by atoms with E-state index in [1.54, 1.807) is 6.07 Å². The summed E-state index contributed by atoms with van der Waals surface area (Å²) >= 11 is 0. The average molecular weight is 365 g/mol. The molecule has 0 saturated heterocycles. The minimum absolute atomic E-state index is 0.0110. The number of hydrogen-bond donors (Lipinski definition) is 1. The Kier molecular flexibility index (Phi) is 5.66. The first kappa shape index (κ1) is 18.9. The van der Waals surface area contributed by atoms with E-state index in [0.717, 1.165) is 49.8 Å². The van der Waals surface area contributed by atoms with Gasteiger partial charge in [0.2, 0.25) is 0 Å². The van der Waals surface area contributed by atoms with E-state index < -0.39 is 23.3 Å².